The van der Waals surface area contributed by atoms with Gasteiger partial charge in [-0.25, -0.2) is 0 Å². The molecule has 2 rings (SSSR count). The molecule has 0 aliphatic heterocycles. The van der Waals surface area contributed by atoms with Gasteiger partial charge in [0.05, 0.1) is 18.2 Å². The molecule has 102 valence electrons. The van der Waals surface area contributed by atoms with Crippen LogP contribution in [0.2, 0.25) is 0 Å². The summed E-state index contributed by atoms with van der Waals surface area (Å²) >= 11 is 0. The van der Waals surface area contributed by atoms with Crippen molar-refractivity contribution in [2.45, 2.75) is 33.2 Å². The fraction of sp³-hybridized carbons (Fsp3) is 0.455. The number of anilines is 1. The van der Waals surface area contributed by atoms with Gasteiger partial charge in [0.25, 0.3) is 0 Å². The number of aromatic amines is 2. The number of carbonyl (C=O) groups excluding carboxylic acids is 1. The van der Waals surface area contributed by atoms with E-state index < -0.39 is 0 Å². The van der Waals surface area contributed by atoms with Crippen molar-refractivity contribution >= 4 is 11.9 Å². The lowest BCUT2D eigenvalue weighted by Gasteiger charge is -2.10. The summed E-state index contributed by atoms with van der Waals surface area (Å²) in [5, 5.41) is 16.1. The number of aryl methyl sites for hydroxylation is 2. The topological polar surface area (TPSA) is 125 Å². The summed E-state index contributed by atoms with van der Waals surface area (Å²) in [4.78, 5) is 15.9. The Balaban J connectivity index is 1.98. The van der Waals surface area contributed by atoms with Gasteiger partial charge >= 0.3 is 0 Å². The number of hydrogen-bond donors (Lipinski definition) is 4. The van der Waals surface area contributed by atoms with Crippen LogP contribution in [0.4, 0.5) is 5.95 Å². The van der Waals surface area contributed by atoms with Crippen molar-refractivity contribution in [1.82, 2.24) is 30.7 Å². The maximum atomic E-state index is 12.0. The van der Waals surface area contributed by atoms with Crippen molar-refractivity contribution in [2.75, 3.05) is 5.73 Å². The van der Waals surface area contributed by atoms with Gasteiger partial charge in [0.1, 0.15) is 5.82 Å². The van der Waals surface area contributed by atoms with E-state index in [0.29, 0.717) is 5.82 Å². The Bertz CT molecular complexity index is 566. The molecule has 0 aliphatic carbocycles. The summed E-state index contributed by atoms with van der Waals surface area (Å²) in [6.07, 6.45) is 0.280. The molecule has 19 heavy (non-hydrogen) atoms. The summed E-state index contributed by atoms with van der Waals surface area (Å²) in [7, 11) is 0. The summed E-state index contributed by atoms with van der Waals surface area (Å²) in [6.45, 7) is 5.57. The zero-order valence-corrected chi connectivity index (χ0v) is 11.1. The first kappa shape index (κ1) is 13.1. The zero-order chi connectivity index (χ0) is 14.0. The normalized spacial score (nSPS) is 12.4. The first-order valence-corrected chi connectivity index (χ1v) is 5.95. The van der Waals surface area contributed by atoms with Gasteiger partial charge in [0.15, 0.2) is 0 Å². The monoisotopic (exact) mass is 263 g/mol. The van der Waals surface area contributed by atoms with Gasteiger partial charge in [0, 0.05) is 11.3 Å². The van der Waals surface area contributed by atoms with Gasteiger partial charge in [0.2, 0.25) is 11.9 Å². The van der Waals surface area contributed by atoms with Crippen molar-refractivity contribution < 1.29 is 4.79 Å². The van der Waals surface area contributed by atoms with Gasteiger partial charge in [-0.15, -0.1) is 5.10 Å². The average molecular weight is 263 g/mol. The zero-order valence-electron chi connectivity index (χ0n) is 11.1. The van der Waals surface area contributed by atoms with Gasteiger partial charge in [-0.2, -0.15) is 10.1 Å². The van der Waals surface area contributed by atoms with E-state index in [1.54, 1.807) is 0 Å². The van der Waals surface area contributed by atoms with Crippen LogP contribution in [0, 0.1) is 13.8 Å². The molecule has 1 amide bonds. The van der Waals surface area contributed by atoms with Crippen LogP contribution in [0.3, 0.4) is 0 Å². The van der Waals surface area contributed by atoms with Crippen LogP contribution >= 0.6 is 0 Å². The molecule has 2 heterocycles. The van der Waals surface area contributed by atoms with E-state index in [9.17, 15) is 4.79 Å². The number of rotatable bonds is 4. The number of nitrogens with zero attached hydrogens (tertiary/aromatic N) is 3. The van der Waals surface area contributed by atoms with E-state index in [4.69, 9.17) is 5.73 Å². The quantitative estimate of drug-likeness (QED) is 0.624. The number of nitrogen functional groups attached to an aromatic ring is 1. The lowest BCUT2D eigenvalue weighted by molar-refractivity contribution is -0.121. The fourth-order valence-electron chi connectivity index (χ4n) is 1.84. The molecule has 0 radical (unpaired) electrons. The maximum absolute atomic E-state index is 12.0. The van der Waals surface area contributed by atoms with E-state index in [2.05, 4.69) is 30.7 Å². The molecule has 0 bridgehead atoms. The third-order valence-corrected chi connectivity index (χ3v) is 2.93. The van der Waals surface area contributed by atoms with Crippen LogP contribution in [0.15, 0.2) is 0 Å². The molecule has 8 nitrogen and oxygen atoms in total. The van der Waals surface area contributed by atoms with Gasteiger partial charge < -0.3 is 11.1 Å². The Hall–Kier alpha value is -2.38. The molecular formula is C11H17N7O. The SMILES string of the molecule is Cc1n[nH]c(C)c1CC(=O)NC(C)c1nc(N)n[nH]1. The highest BCUT2D eigenvalue weighted by Crippen LogP contribution is 2.12. The number of hydrogen-bond acceptors (Lipinski definition) is 5. The van der Waals surface area contributed by atoms with E-state index in [0.717, 1.165) is 17.0 Å². The van der Waals surface area contributed by atoms with Crippen LogP contribution in [0.25, 0.3) is 0 Å². The Morgan fingerprint density at radius 3 is 2.63 bits per heavy atom. The second kappa shape index (κ2) is 5.09. The van der Waals surface area contributed by atoms with Crippen molar-refractivity contribution in [3.63, 3.8) is 0 Å². The molecule has 0 saturated carbocycles. The molecule has 0 aromatic carbocycles. The third kappa shape index (κ3) is 2.90. The van der Waals surface area contributed by atoms with Crippen LogP contribution in [-0.4, -0.2) is 31.3 Å². The maximum Gasteiger partial charge on any atom is 0.239 e. The third-order valence-electron chi connectivity index (χ3n) is 2.93. The second-order valence-electron chi connectivity index (χ2n) is 4.46. The van der Waals surface area contributed by atoms with Crippen molar-refractivity contribution in [3.8, 4) is 0 Å². The second-order valence-corrected chi connectivity index (χ2v) is 4.46. The molecule has 8 heteroatoms. The number of nitrogens with one attached hydrogen (secondary N) is 3. The number of nitrogens with two attached hydrogens (primary N) is 1. The van der Waals surface area contributed by atoms with E-state index in [1.165, 1.54) is 0 Å². The first-order valence-electron chi connectivity index (χ1n) is 5.95. The van der Waals surface area contributed by atoms with E-state index >= 15 is 0 Å². The van der Waals surface area contributed by atoms with Crippen LogP contribution in [0.5, 0.6) is 0 Å². The van der Waals surface area contributed by atoms with Gasteiger partial charge in [-0.3, -0.25) is 15.0 Å². The Morgan fingerprint density at radius 2 is 2.11 bits per heavy atom. The van der Waals surface area contributed by atoms with E-state index in [-0.39, 0.29) is 24.3 Å². The van der Waals surface area contributed by atoms with Crippen molar-refractivity contribution in [2.24, 2.45) is 0 Å². The highest BCUT2D eigenvalue weighted by atomic mass is 16.1. The van der Waals surface area contributed by atoms with Gasteiger partial charge in [-0.1, -0.05) is 0 Å². The number of H-pyrrole nitrogens is 2. The minimum atomic E-state index is -0.273. The van der Waals surface area contributed by atoms with Crippen molar-refractivity contribution in [1.29, 1.82) is 0 Å². The minimum absolute atomic E-state index is 0.102. The highest BCUT2D eigenvalue weighted by Gasteiger charge is 2.16. The summed E-state index contributed by atoms with van der Waals surface area (Å²) < 4.78 is 0. The largest absolute Gasteiger partial charge is 0.367 e. The number of amides is 1. The summed E-state index contributed by atoms with van der Waals surface area (Å²) in [5.74, 6) is 0.596. The Labute approximate surface area is 110 Å². The predicted molar refractivity (Wildman–Crippen MR) is 69.1 cm³/mol. The van der Waals surface area contributed by atoms with Crippen LogP contribution in [0.1, 0.15) is 35.7 Å². The average Bonchev–Trinajstić information content (AvgIpc) is 2.90. The molecule has 0 spiro atoms. The molecule has 0 fully saturated rings. The molecule has 0 saturated heterocycles. The highest BCUT2D eigenvalue weighted by molar-refractivity contribution is 5.79. The van der Waals surface area contributed by atoms with Crippen LogP contribution < -0.4 is 11.1 Å². The molecule has 1 unspecified atom stereocenters. The molecule has 1 atom stereocenters. The molecule has 2 aromatic heterocycles. The smallest absolute Gasteiger partial charge is 0.239 e. The molecule has 0 aliphatic rings. The molecular weight excluding hydrogens is 246 g/mol. The van der Waals surface area contributed by atoms with Crippen LogP contribution in [-0.2, 0) is 11.2 Å². The molecule has 5 N–H and O–H groups in total. The standard InChI is InChI=1S/C11H17N7O/c1-5-8(6(2)16-15-5)4-9(19)13-7(3)10-14-11(12)18-17-10/h7H,4H2,1-3H3,(H,13,19)(H,15,16)(H3,12,14,17,18). The van der Waals surface area contributed by atoms with E-state index in [1.807, 2.05) is 20.8 Å². The van der Waals surface area contributed by atoms with Gasteiger partial charge in [-0.05, 0) is 20.8 Å². The predicted octanol–water partition coefficient (Wildman–Crippen LogP) is 0.147. The summed E-state index contributed by atoms with van der Waals surface area (Å²) in [6, 6.07) is -0.273. The first-order chi connectivity index (χ1) is 8.97. The fourth-order valence-corrected chi connectivity index (χ4v) is 1.84. The summed E-state index contributed by atoms with van der Waals surface area (Å²) in [5.41, 5.74) is 8.08. The lowest BCUT2D eigenvalue weighted by atomic mass is 10.1. The number of aromatic nitrogens is 5. The lowest BCUT2D eigenvalue weighted by Crippen LogP contribution is -2.29. The van der Waals surface area contributed by atoms with Crippen molar-refractivity contribution in [3.05, 3.63) is 22.8 Å². The Morgan fingerprint density at radius 1 is 1.37 bits per heavy atom. The molecule has 2 aromatic rings. The number of carbonyl (C=O) groups is 1. The Kier molecular flexibility index (Phi) is 3.50. The minimum Gasteiger partial charge on any atom is -0.367 e.